The van der Waals surface area contributed by atoms with Crippen LogP contribution in [-0.2, 0) is 9.84 Å². The van der Waals surface area contributed by atoms with Crippen LogP contribution in [-0.4, -0.2) is 8.42 Å². The molecule has 1 rings (SSSR count). The Labute approximate surface area is 83.2 Å². The Hall–Kier alpha value is -1.60. The van der Waals surface area contributed by atoms with E-state index >= 15 is 0 Å². The second-order valence-electron chi connectivity index (χ2n) is 2.74. The molecule has 0 bridgehead atoms. The molecule has 0 radical (unpaired) electrons. The van der Waals surface area contributed by atoms with Gasteiger partial charge in [0.25, 0.3) is 0 Å². The van der Waals surface area contributed by atoms with Crippen LogP contribution in [0.3, 0.4) is 0 Å². The average molecular weight is 207 g/mol. The highest BCUT2D eigenvalue weighted by Crippen LogP contribution is 2.16. The fourth-order valence-corrected chi connectivity index (χ4v) is 2.24. The summed E-state index contributed by atoms with van der Waals surface area (Å²) in [5, 5.41) is 9.16. The molecule has 0 amide bonds. The lowest BCUT2D eigenvalue weighted by atomic mass is 10.2. The van der Waals surface area contributed by atoms with Crippen LogP contribution in [0.15, 0.2) is 40.6 Å². The number of rotatable bonds is 2. The molecule has 72 valence electrons. The van der Waals surface area contributed by atoms with E-state index in [1.165, 1.54) is 6.07 Å². The first kappa shape index (κ1) is 10.5. The molecule has 0 aliphatic heterocycles. The van der Waals surface area contributed by atoms with E-state index in [2.05, 4.69) is 0 Å². The van der Waals surface area contributed by atoms with Gasteiger partial charge in [-0.3, -0.25) is 0 Å². The van der Waals surface area contributed by atoms with Gasteiger partial charge in [0.2, 0.25) is 9.84 Å². The van der Waals surface area contributed by atoms with E-state index in [0.717, 1.165) is 11.5 Å². The molecule has 14 heavy (non-hydrogen) atoms. The highest BCUT2D eigenvalue weighted by molar-refractivity contribution is 7.94. The van der Waals surface area contributed by atoms with Crippen molar-refractivity contribution in [2.45, 2.75) is 11.8 Å². The topological polar surface area (TPSA) is 57.9 Å². The predicted octanol–water partition coefficient (Wildman–Crippen LogP) is 1.81. The Bertz CT molecular complexity index is 495. The molecular formula is C10H9NO2S. The summed E-state index contributed by atoms with van der Waals surface area (Å²) in [4.78, 5) is 0.242. The van der Waals surface area contributed by atoms with Crippen LogP contribution in [0.5, 0.6) is 0 Å². The molecule has 0 saturated heterocycles. The van der Waals surface area contributed by atoms with E-state index in [9.17, 15) is 8.42 Å². The summed E-state index contributed by atoms with van der Waals surface area (Å²) in [5.74, 6) is 0. The minimum absolute atomic E-state index is 0.242. The van der Waals surface area contributed by atoms with Crippen LogP contribution in [0.1, 0.15) is 5.56 Å². The zero-order valence-corrected chi connectivity index (χ0v) is 8.45. The van der Waals surface area contributed by atoms with Crippen molar-refractivity contribution >= 4 is 9.84 Å². The van der Waals surface area contributed by atoms with Crippen LogP contribution >= 0.6 is 0 Å². The normalized spacial score (nSPS) is 11.4. The number of nitrogens with zero attached hydrogens (tertiary/aromatic N) is 1. The average Bonchev–Trinajstić information content (AvgIpc) is 2.15. The lowest BCUT2D eigenvalue weighted by Crippen LogP contribution is -1.98. The van der Waals surface area contributed by atoms with Gasteiger partial charge in [0.15, 0.2) is 0 Å². The molecule has 3 nitrogen and oxygen atoms in total. The van der Waals surface area contributed by atoms with Crippen LogP contribution in [0, 0.1) is 18.3 Å². The van der Waals surface area contributed by atoms with Gasteiger partial charge < -0.3 is 0 Å². The molecule has 0 aliphatic carbocycles. The lowest BCUT2D eigenvalue weighted by molar-refractivity contribution is 0.604. The van der Waals surface area contributed by atoms with Gasteiger partial charge in [-0.25, -0.2) is 8.42 Å². The summed E-state index contributed by atoms with van der Waals surface area (Å²) < 4.78 is 23.1. The molecule has 0 unspecified atom stereocenters. The smallest absolute Gasteiger partial charge is 0.200 e. The minimum Gasteiger partial charge on any atom is -0.219 e. The molecule has 0 aromatic heterocycles. The summed E-state index contributed by atoms with van der Waals surface area (Å²) in [6.45, 7) is 1.72. The molecule has 0 heterocycles. The maximum absolute atomic E-state index is 11.6. The molecular weight excluding hydrogens is 198 g/mol. The van der Waals surface area contributed by atoms with Gasteiger partial charge in [-0.15, -0.1) is 0 Å². The molecule has 1 aromatic rings. The van der Waals surface area contributed by atoms with E-state index in [-0.39, 0.29) is 4.90 Å². The standard InChI is InChI=1S/C10H9NO2S/c1-9-5-2-3-6-10(9)14(12,13)8-4-7-11/h2-6,8H,1H3. The molecule has 0 saturated carbocycles. The van der Waals surface area contributed by atoms with Crippen LogP contribution in [0.2, 0.25) is 0 Å². The van der Waals surface area contributed by atoms with Gasteiger partial charge in [-0.2, -0.15) is 5.26 Å². The van der Waals surface area contributed by atoms with Crippen molar-refractivity contribution in [2.24, 2.45) is 0 Å². The van der Waals surface area contributed by atoms with Crippen LogP contribution < -0.4 is 0 Å². The number of nitriles is 1. The first-order chi connectivity index (χ1) is 6.58. The van der Waals surface area contributed by atoms with Crippen molar-refractivity contribution in [1.29, 1.82) is 5.26 Å². The van der Waals surface area contributed by atoms with Crippen molar-refractivity contribution in [3.05, 3.63) is 41.3 Å². The van der Waals surface area contributed by atoms with Crippen molar-refractivity contribution in [2.75, 3.05) is 0 Å². The largest absolute Gasteiger partial charge is 0.219 e. The summed E-state index contributed by atoms with van der Waals surface area (Å²) in [6.07, 6.45) is 0.960. The fraction of sp³-hybridized carbons (Fsp3) is 0.100. The summed E-state index contributed by atoms with van der Waals surface area (Å²) in [7, 11) is -3.46. The van der Waals surface area contributed by atoms with Gasteiger partial charge in [0.05, 0.1) is 11.0 Å². The highest BCUT2D eigenvalue weighted by Gasteiger charge is 2.11. The maximum Gasteiger partial charge on any atom is 0.200 e. The SMILES string of the molecule is Cc1ccccc1S(=O)(=O)C=CC#N. The van der Waals surface area contributed by atoms with Gasteiger partial charge in [-0.1, -0.05) is 18.2 Å². The van der Waals surface area contributed by atoms with E-state index in [0.29, 0.717) is 5.56 Å². The fourth-order valence-electron chi connectivity index (χ4n) is 1.07. The van der Waals surface area contributed by atoms with Crippen molar-refractivity contribution in [1.82, 2.24) is 0 Å². The molecule has 0 N–H and O–H groups in total. The Morgan fingerprint density at radius 3 is 2.57 bits per heavy atom. The van der Waals surface area contributed by atoms with E-state index in [1.807, 2.05) is 0 Å². The number of hydrogen-bond acceptors (Lipinski definition) is 3. The van der Waals surface area contributed by atoms with E-state index in [4.69, 9.17) is 5.26 Å². The molecule has 0 fully saturated rings. The monoisotopic (exact) mass is 207 g/mol. The number of aryl methyl sites for hydroxylation is 1. The third kappa shape index (κ3) is 2.21. The third-order valence-electron chi connectivity index (χ3n) is 1.72. The minimum atomic E-state index is -3.46. The Morgan fingerprint density at radius 1 is 1.36 bits per heavy atom. The van der Waals surface area contributed by atoms with Crippen molar-refractivity contribution in [3.63, 3.8) is 0 Å². The van der Waals surface area contributed by atoms with E-state index < -0.39 is 9.84 Å². The Kier molecular flexibility index (Phi) is 3.05. The van der Waals surface area contributed by atoms with Crippen molar-refractivity contribution < 1.29 is 8.42 Å². The predicted molar refractivity (Wildman–Crippen MR) is 53.1 cm³/mol. The van der Waals surface area contributed by atoms with Crippen LogP contribution in [0.4, 0.5) is 0 Å². The molecule has 1 aromatic carbocycles. The summed E-state index contributed by atoms with van der Waals surface area (Å²) >= 11 is 0. The highest BCUT2D eigenvalue weighted by atomic mass is 32.2. The van der Waals surface area contributed by atoms with Gasteiger partial charge in [0.1, 0.15) is 0 Å². The molecule has 0 atom stereocenters. The first-order valence-corrected chi connectivity index (χ1v) is 5.49. The Morgan fingerprint density at radius 2 is 2.00 bits per heavy atom. The second-order valence-corrected chi connectivity index (χ2v) is 4.54. The summed E-state index contributed by atoms with van der Waals surface area (Å²) in [6, 6.07) is 8.31. The molecule has 4 heteroatoms. The van der Waals surface area contributed by atoms with Gasteiger partial charge in [0, 0.05) is 11.5 Å². The molecule has 0 aliphatic rings. The zero-order valence-electron chi connectivity index (χ0n) is 7.64. The van der Waals surface area contributed by atoms with Crippen LogP contribution in [0.25, 0.3) is 0 Å². The van der Waals surface area contributed by atoms with Gasteiger partial charge in [-0.05, 0) is 18.6 Å². The Balaban J connectivity index is 3.26. The maximum atomic E-state index is 11.6. The van der Waals surface area contributed by atoms with Crippen molar-refractivity contribution in [3.8, 4) is 6.07 Å². The van der Waals surface area contributed by atoms with Gasteiger partial charge >= 0.3 is 0 Å². The molecule has 0 spiro atoms. The zero-order chi connectivity index (χ0) is 10.6. The first-order valence-electron chi connectivity index (χ1n) is 3.95. The number of benzene rings is 1. The number of allylic oxidation sites excluding steroid dienone is 1. The quantitative estimate of drug-likeness (QED) is 0.695. The lowest BCUT2D eigenvalue weighted by Gasteiger charge is -2.01. The van der Waals surface area contributed by atoms with E-state index in [1.54, 1.807) is 31.2 Å². The number of hydrogen-bond donors (Lipinski definition) is 0. The third-order valence-corrected chi connectivity index (χ3v) is 3.29. The second kappa shape index (κ2) is 4.07. The summed E-state index contributed by atoms with van der Waals surface area (Å²) in [5.41, 5.74) is 0.676. The number of sulfone groups is 1.